The number of nitro benzene ring substituents is 1. The Labute approximate surface area is 87.0 Å². The molecule has 0 aliphatic heterocycles. The van der Waals surface area contributed by atoms with E-state index < -0.39 is 4.92 Å². The van der Waals surface area contributed by atoms with E-state index in [0.717, 1.165) is 0 Å². The topological polar surface area (TPSA) is 69.2 Å². The summed E-state index contributed by atoms with van der Waals surface area (Å²) in [5.74, 6) is 0.487. The molecular weight excluding hydrogens is 252 g/mol. The molecule has 72 valence electrons. The average molecular weight is 257 g/mol. The summed E-state index contributed by atoms with van der Waals surface area (Å²) in [7, 11) is 0. The summed E-state index contributed by atoms with van der Waals surface area (Å²) in [6.07, 6.45) is 0. The van der Waals surface area contributed by atoms with Gasteiger partial charge in [-0.1, -0.05) is 0 Å². The van der Waals surface area contributed by atoms with E-state index in [2.05, 4.69) is 20.9 Å². The number of hydrogen-bond acceptors (Lipinski definition) is 4. The predicted molar refractivity (Wildman–Crippen MR) is 53.1 cm³/mol. The third-order valence-electron chi connectivity index (χ3n) is 1.75. The number of oxazole rings is 1. The Hall–Kier alpha value is -1.43. The van der Waals surface area contributed by atoms with Gasteiger partial charge in [0.15, 0.2) is 11.5 Å². The number of nitro groups is 1. The minimum atomic E-state index is -0.470. The minimum absolute atomic E-state index is 0.0134. The summed E-state index contributed by atoms with van der Waals surface area (Å²) >= 11 is 3.20. The smallest absolute Gasteiger partial charge is 0.274 e. The summed E-state index contributed by atoms with van der Waals surface area (Å²) in [5, 5.41) is 10.5. The first-order valence-corrected chi connectivity index (χ1v) is 4.58. The Morgan fingerprint density at radius 1 is 1.57 bits per heavy atom. The zero-order valence-electron chi connectivity index (χ0n) is 7.15. The SMILES string of the molecule is Cc1nc2c(Br)cc([N+](=O)[O-])cc2o1. The third-order valence-corrected chi connectivity index (χ3v) is 2.36. The number of halogens is 1. The van der Waals surface area contributed by atoms with Gasteiger partial charge in [-0.25, -0.2) is 4.98 Å². The van der Waals surface area contributed by atoms with Crippen LogP contribution in [0.15, 0.2) is 21.0 Å². The number of rotatable bonds is 1. The maximum absolute atomic E-state index is 10.5. The molecule has 0 bridgehead atoms. The molecule has 1 aromatic heterocycles. The zero-order chi connectivity index (χ0) is 10.3. The number of benzene rings is 1. The van der Waals surface area contributed by atoms with Crippen LogP contribution < -0.4 is 0 Å². The molecule has 0 N–H and O–H groups in total. The third kappa shape index (κ3) is 1.37. The number of hydrogen-bond donors (Lipinski definition) is 0. The minimum Gasteiger partial charge on any atom is -0.441 e. The lowest BCUT2D eigenvalue weighted by molar-refractivity contribution is -0.384. The van der Waals surface area contributed by atoms with E-state index >= 15 is 0 Å². The van der Waals surface area contributed by atoms with Gasteiger partial charge in [0, 0.05) is 13.0 Å². The molecule has 2 aromatic rings. The molecule has 5 nitrogen and oxygen atoms in total. The van der Waals surface area contributed by atoms with E-state index in [1.807, 2.05) is 0 Å². The Morgan fingerprint density at radius 3 is 2.93 bits per heavy atom. The van der Waals surface area contributed by atoms with Crippen LogP contribution in [-0.2, 0) is 0 Å². The molecule has 0 amide bonds. The van der Waals surface area contributed by atoms with Crippen molar-refractivity contribution in [3.05, 3.63) is 32.6 Å². The standard InChI is InChI=1S/C8H5BrN2O3/c1-4-10-8-6(9)2-5(11(12)13)3-7(8)14-4/h2-3H,1H3. The van der Waals surface area contributed by atoms with Crippen LogP contribution in [0.25, 0.3) is 11.1 Å². The Balaban J connectivity index is 2.77. The second-order valence-corrected chi connectivity index (χ2v) is 3.62. The van der Waals surface area contributed by atoms with Crippen LogP contribution in [0.5, 0.6) is 0 Å². The predicted octanol–water partition coefficient (Wildman–Crippen LogP) is 2.81. The van der Waals surface area contributed by atoms with Crippen LogP contribution >= 0.6 is 15.9 Å². The molecule has 6 heteroatoms. The van der Waals surface area contributed by atoms with E-state index in [9.17, 15) is 10.1 Å². The first kappa shape index (κ1) is 9.14. The first-order valence-electron chi connectivity index (χ1n) is 3.79. The van der Waals surface area contributed by atoms with Crippen LogP contribution in [0.2, 0.25) is 0 Å². The number of aryl methyl sites for hydroxylation is 1. The van der Waals surface area contributed by atoms with Crippen molar-refractivity contribution in [3.63, 3.8) is 0 Å². The largest absolute Gasteiger partial charge is 0.441 e. The van der Waals surface area contributed by atoms with Crippen LogP contribution in [0.3, 0.4) is 0 Å². The summed E-state index contributed by atoms with van der Waals surface area (Å²) in [4.78, 5) is 14.1. The fourth-order valence-electron chi connectivity index (χ4n) is 1.19. The summed E-state index contributed by atoms with van der Waals surface area (Å²) in [6, 6.07) is 2.77. The lowest BCUT2D eigenvalue weighted by atomic mass is 10.3. The van der Waals surface area contributed by atoms with E-state index in [1.165, 1.54) is 12.1 Å². The fourth-order valence-corrected chi connectivity index (χ4v) is 1.71. The molecule has 0 saturated heterocycles. The molecule has 1 aromatic carbocycles. The number of nitrogens with zero attached hydrogens (tertiary/aromatic N) is 2. The number of aromatic nitrogens is 1. The lowest BCUT2D eigenvalue weighted by Gasteiger charge is -1.92. The normalized spacial score (nSPS) is 10.7. The molecule has 14 heavy (non-hydrogen) atoms. The van der Waals surface area contributed by atoms with Crippen LogP contribution in [0.4, 0.5) is 5.69 Å². The lowest BCUT2D eigenvalue weighted by Crippen LogP contribution is -1.87. The maximum Gasteiger partial charge on any atom is 0.274 e. The van der Waals surface area contributed by atoms with E-state index in [-0.39, 0.29) is 5.69 Å². The molecule has 0 atom stereocenters. The highest BCUT2D eigenvalue weighted by atomic mass is 79.9. The van der Waals surface area contributed by atoms with Crippen LogP contribution in [-0.4, -0.2) is 9.91 Å². The Morgan fingerprint density at radius 2 is 2.29 bits per heavy atom. The summed E-state index contributed by atoms with van der Waals surface area (Å²) in [6.45, 7) is 1.69. The molecule has 0 radical (unpaired) electrons. The van der Waals surface area contributed by atoms with Gasteiger partial charge in [-0.05, 0) is 15.9 Å². The quantitative estimate of drug-likeness (QED) is 0.581. The highest BCUT2D eigenvalue weighted by Gasteiger charge is 2.14. The molecule has 0 aliphatic carbocycles. The van der Waals surface area contributed by atoms with Crippen LogP contribution in [0, 0.1) is 17.0 Å². The van der Waals surface area contributed by atoms with E-state index in [1.54, 1.807) is 6.92 Å². The van der Waals surface area contributed by atoms with E-state index in [0.29, 0.717) is 21.5 Å². The number of fused-ring (bicyclic) bond motifs is 1. The van der Waals surface area contributed by atoms with Gasteiger partial charge in [-0.3, -0.25) is 10.1 Å². The maximum atomic E-state index is 10.5. The molecule has 2 rings (SSSR count). The van der Waals surface area contributed by atoms with Gasteiger partial charge in [0.2, 0.25) is 0 Å². The Bertz CT molecular complexity index is 521. The van der Waals surface area contributed by atoms with Gasteiger partial charge in [-0.2, -0.15) is 0 Å². The van der Waals surface area contributed by atoms with Crippen molar-refractivity contribution in [1.82, 2.24) is 4.98 Å². The van der Waals surface area contributed by atoms with Crippen molar-refractivity contribution in [1.29, 1.82) is 0 Å². The molecular formula is C8H5BrN2O3. The van der Waals surface area contributed by atoms with Crippen molar-refractivity contribution in [2.45, 2.75) is 6.92 Å². The fraction of sp³-hybridized carbons (Fsp3) is 0.125. The molecule has 0 fully saturated rings. The van der Waals surface area contributed by atoms with Crippen molar-refractivity contribution in [2.75, 3.05) is 0 Å². The molecule has 0 aliphatic rings. The molecule has 0 unspecified atom stereocenters. The molecule has 0 spiro atoms. The second kappa shape index (κ2) is 3.06. The molecule has 0 saturated carbocycles. The van der Waals surface area contributed by atoms with Gasteiger partial charge in [0.1, 0.15) is 5.52 Å². The average Bonchev–Trinajstić information content (AvgIpc) is 2.45. The van der Waals surface area contributed by atoms with Crippen molar-refractivity contribution >= 4 is 32.7 Å². The van der Waals surface area contributed by atoms with Gasteiger partial charge >= 0.3 is 0 Å². The molecule has 1 heterocycles. The summed E-state index contributed by atoms with van der Waals surface area (Å²) in [5.41, 5.74) is 1.01. The van der Waals surface area contributed by atoms with E-state index in [4.69, 9.17) is 4.42 Å². The monoisotopic (exact) mass is 256 g/mol. The zero-order valence-corrected chi connectivity index (χ0v) is 8.74. The Kier molecular flexibility index (Phi) is 1.99. The van der Waals surface area contributed by atoms with Gasteiger partial charge in [0.25, 0.3) is 5.69 Å². The van der Waals surface area contributed by atoms with Gasteiger partial charge in [0.05, 0.1) is 15.5 Å². The summed E-state index contributed by atoms with van der Waals surface area (Å²) < 4.78 is 5.76. The van der Waals surface area contributed by atoms with Crippen molar-refractivity contribution < 1.29 is 9.34 Å². The van der Waals surface area contributed by atoms with Gasteiger partial charge < -0.3 is 4.42 Å². The van der Waals surface area contributed by atoms with Crippen molar-refractivity contribution in [2.24, 2.45) is 0 Å². The van der Waals surface area contributed by atoms with Gasteiger partial charge in [-0.15, -0.1) is 0 Å². The second-order valence-electron chi connectivity index (χ2n) is 2.76. The first-order chi connectivity index (χ1) is 6.58. The van der Waals surface area contributed by atoms with Crippen LogP contribution in [0.1, 0.15) is 5.89 Å². The highest BCUT2D eigenvalue weighted by Crippen LogP contribution is 2.29. The van der Waals surface area contributed by atoms with Crippen molar-refractivity contribution in [3.8, 4) is 0 Å². The highest BCUT2D eigenvalue weighted by molar-refractivity contribution is 9.10. The number of non-ortho nitro benzene ring substituents is 1.